The number of ether oxygens (including phenoxy) is 2. The number of aromatic carboxylic acids is 1. The van der Waals surface area contributed by atoms with E-state index < -0.39 is 58.7 Å². The first-order chi connectivity index (χ1) is 46.2. The highest BCUT2D eigenvalue weighted by Crippen LogP contribution is 2.57. The molecular formula is C74H76N9O13-. The Bertz CT molecular complexity index is 4340. The van der Waals surface area contributed by atoms with E-state index in [0.717, 1.165) is 56.2 Å². The molecule has 5 amide bonds. The number of hydrogen-bond donors (Lipinski definition) is 6. The summed E-state index contributed by atoms with van der Waals surface area (Å²) in [5, 5.41) is 38.1. The lowest BCUT2D eigenvalue weighted by Crippen LogP contribution is -2.62. The van der Waals surface area contributed by atoms with Gasteiger partial charge in [-0.25, -0.2) is 4.79 Å². The molecule has 4 heterocycles. The molecule has 6 aromatic rings. The molecular weight excluding hydrogens is 1220 g/mol. The van der Waals surface area contributed by atoms with E-state index >= 15 is 0 Å². The summed E-state index contributed by atoms with van der Waals surface area (Å²) in [5.41, 5.74) is 3.17. The van der Waals surface area contributed by atoms with Gasteiger partial charge < -0.3 is 75.1 Å². The van der Waals surface area contributed by atoms with Crippen molar-refractivity contribution in [2.45, 2.75) is 75.5 Å². The Morgan fingerprint density at radius 2 is 1.25 bits per heavy atom. The van der Waals surface area contributed by atoms with Crippen LogP contribution >= 0.6 is 0 Å². The van der Waals surface area contributed by atoms with Crippen LogP contribution in [0.5, 0.6) is 17.2 Å². The van der Waals surface area contributed by atoms with Gasteiger partial charge in [-0.05, 0) is 141 Å². The third kappa shape index (κ3) is 13.0. The van der Waals surface area contributed by atoms with Crippen LogP contribution in [0, 0.1) is 0 Å². The topological polar surface area (TPSA) is 285 Å². The number of esters is 1. The van der Waals surface area contributed by atoms with Crippen molar-refractivity contribution in [1.82, 2.24) is 31.5 Å². The minimum absolute atomic E-state index is 0.0337. The van der Waals surface area contributed by atoms with Crippen LogP contribution in [0.4, 0.5) is 17.1 Å². The number of unbranched alkanes of at least 4 members (excludes halogenated alkanes) is 1. The molecule has 0 radical (unpaired) electrons. The summed E-state index contributed by atoms with van der Waals surface area (Å²) in [4.78, 5) is 119. The highest BCUT2D eigenvalue weighted by molar-refractivity contribution is 6.09. The Labute approximate surface area is 554 Å². The van der Waals surface area contributed by atoms with E-state index in [2.05, 4.69) is 43.3 Å². The maximum atomic E-state index is 14.8. The lowest BCUT2D eigenvalue weighted by atomic mass is 9.77. The number of phenolic OH excluding ortho intramolecular Hbond substituents is 1. The van der Waals surface area contributed by atoms with E-state index in [4.69, 9.17) is 13.9 Å². The highest BCUT2D eigenvalue weighted by atomic mass is 16.6. The number of nitrogens with one attached hydrogen (secondary N) is 5. The Hall–Kier alpha value is -10.7. The zero-order chi connectivity index (χ0) is 67.6. The molecule has 4 aliphatic heterocycles. The number of anilines is 3. The first-order valence-corrected chi connectivity index (χ1v) is 32.5. The number of carboxylic acid groups (broad SMARTS) is 1. The van der Waals surface area contributed by atoms with E-state index in [9.17, 15) is 48.6 Å². The monoisotopic (exact) mass is 1300 g/mol. The van der Waals surface area contributed by atoms with Crippen molar-refractivity contribution in [3.8, 4) is 39.7 Å². The fourth-order valence-corrected chi connectivity index (χ4v) is 13.6. The van der Waals surface area contributed by atoms with Gasteiger partial charge in [0.15, 0.2) is 11.0 Å². The number of hydrogen-bond acceptors (Lipinski definition) is 17. The van der Waals surface area contributed by atoms with Crippen molar-refractivity contribution in [2.24, 2.45) is 0 Å². The molecule has 1 saturated heterocycles. The summed E-state index contributed by atoms with van der Waals surface area (Å²) in [7, 11) is 7.70. The third-order valence-corrected chi connectivity index (χ3v) is 18.9. The average molecular weight is 1300 g/mol. The van der Waals surface area contributed by atoms with E-state index in [0.29, 0.717) is 88.8 Å². The lowest BCUT2D eigenvalue weighted by Gasteiger charge is -2.38. The second-order valence-electron chi connectivity index (χ2n) is 25.3. The minimum atomic E-state index is -1.59. The SMILES string of the molecule is CCN1CCN(c2ccc(C(=O)NC3(C(=O)N[C@@H](CCCCNC(=O)c4ccc5c(c4)C(=O)OC54c5ccc(N(C)C)cc5Oc5cc(N(C)C)ccc54)C(=O)NCCNC(=O)c4ccc(-c5c6ccc(=O)cc-6oc6cc(O)ccc56)c(C(=O)[O-])c4)CCCCC3)cc2)CC1. The van der Waals surface area contributed by atoms with E-state index in [-0.39, 0.29) is 76.4 Å². The number of amides is 5. The first kappa shape index (κ1) is 65.3. The minimum Gasteiger partial charge on any atom is -0.545 e. The Morgan fingerprint density at radius 1 is 0.625 bits per heavy atom. The van der Waals surface area contributed by atoms with Crippen LogP contribution in [0.3, 0.4) is 0 Å². The van der Waals surface area contributed by atoms with Crippen LogP contribution in [-0.4, -0.2) is 144 Å². The fraction of sp³-hybridized carbons (Fsp3) is 0.324. The molecule has 0 aromatic heterocycles. The summed E-state index contributed by atoms with van der Waals surface area (Å²) < 4.78 is 18.9. The van der Waals surface area contributed by atoms with E-state index in [1.54, 1.807) is 30.3 Å². The van der Waals surface area contributed by atoms with Crippen LogP contribution in [-0.2, 0) is 19.9 Å². The summed E-state index contributed by atoms with van der Waals surface area (Å²) >= 11 is 0. The van der Waals surface area contributed by atoms with Gasteiger partial charge >= 0.3 is 5.97 Å². The first-order valence-electron chi connectivity index (χ1n) is 32.5. The number of rotatable bonds is 21. The van der Waals surface area contributed by atoms with Gasteiger partial charge in [-0.15, -0.1) is 0 Å². The third-order valence-electron chi connectivity index (χ3n) is 18.9. The molecule has 0 bridgehead atoms. The molecule has 1 spiro atoms. The molecule has 6 aliphatic rings. The molecule has 96 heavy (non-hydrogen) atoms. The van der Waals surface area contributed by atoms with Gasteiger partial charge in [0.05, 0.1) is 11.5 Å². The highest BCUT2D eigenvalue weighted by Gasteiger charge is 2.54. The van der Waals surface area contributed by atoms with Gasteiger partial charge in [0.1, 0.15) is 40.2 Å². The number of benzene rings is 7. The standard InChI is InChI=1S/C74H77N9O13/c1-6-82-34-36-83(37-35-82)47-17-13-44(14-18-47)68(88)79-73(29-9-7-10-30-73)72(93)78-60(69(89)77-33-32-76-67(87)45-15-23-52(55(38-45)70(90)91)65-53-24-21-50(84)42-61(53)94-62-43-51(85)22-25-54(62)65)12-8-11-31-75-66(86)46-16-26-57-56(39-46)71(92)96-74(57)58-27-19-48(80(2)3)40-63(58)95-64-41-49(81(4)5)20-28-59(64)74/h13-28,38-43,60,84H,6-12,29-37H2,1-5H3,(H,75,86)(H,76,87)(H,77,89)(H,78,93)(H,79,88)(H,90,91)/p-1/t60-/m0/s1. The molecule has 12 rings (SSSR count). The molecule has 496 valence electrons. The number of aromatic hydroxyl groups is 1. The number of carbonyl (C=O) groups is 7. The maximum absolute atomic E-state index is 14.8. The molecule has 2 fully saturated rings. The molecule has 0 unspecified atom stereocenters. The van der Waals surface area contributed by atoms with Crippen LogP contribution in [0.25, 0.3) is 33.4 Å². The zero-order valence-electron chi connectivity index (χ0n) is 54.2. The van der Waals surface area contributed by atoms with E-state index in [1.807, 2.05) is 86.5 Å². The van der Waals surface area contributed by atoms with Crippen LogP contribution in [0.1, 0.15) is 127 Å². The Kier molecular flexibility index (Phi) is 18.6. The number of carbonyl (C=O) groups excluding carboxylic acids is 7. The van der Waals surface area contributed by atoms with Crippen molar-refractivity contribution in [1.29, 1.82) is 0 Å². The van der Waals surface area contributed by atoms with Gasteiger partial charge in [-0.1, -0.05) is 38.3 Å². The zero-order valence-corrected chi connectivity index (χ0v) is 54.2. The van der Waals surface area contributed by atoms with Gasteiger partial charge in [-0.2, -0.15) is 0 Å². The second-order valence-corrected chi connectivity index (χ2v) is 25.3. The molecule has 1 atom stereocenters. The number of likely N-dealkylation sites (N-methyl/N-ethyl adjacent to an activating group) is 1. The molecule has 2 aliphatic carbocycles. The Balaban J connectivity index is 0.732. The van der Waals surface area contributed by atoms with Gasteiger partial charge in [0.2, 0.25) is 11.8 Å². The van der Waals surface area contributed by atoms with Gasteiger partial charge in [0, 0.05) is 171 Å². The number of phenols is 1. The predicted molar refractivity (Wildman–Crippen MR) is 361 cm³/mol. The molecule has 6 aromatic carbocycles. The summed E-state index contributed by atoms with van der Waals surface area (Å²) in [6.07, 6.45) is 3.65. The smallest absolute Gasteiger partial charge is 0.340 e. The average Bonchev–Trinajstić information content (AvgIpc) is 1.46. The summed E-state index contributed by atoms with van der Waals surface area (Å²) in [5.74, 6) is -3.73. The predicted octanol–water partition coefficient (Wildman–Crippen LogP) is 7.54. The van der Waals surface area contributed by atoms with Crippen LogP contribution < -0.4 is 56.6 Å². The molecule has 22 heteroatoms. The number of nitrogens with zero attached hydrogens (tertiary/aromatic N) is 4. The van der Waals surface area contributed by atoms with Crippen molar-refractivity contribution >= 4 is 69.5 Å². The van der Waals surface area contributed by atoms with Crippen LogP contribution in [0.2, 0.25) is 0 Å². The van der Waals surface area contributed by atoms with Gasteiger partial charge in [-0.3, -0.25) is 28.8 Å². The largest absolute Gasteiger partial charge is 0.545 e. The fourth-order valence-electron chi connectivity index (χ4n) is 13.6. The quantitative estimate of drug-likeness (QED) is 0.0230. The van der Waals surface area contributed by atoms with E-state index in [1.165, 1.54) is 54.6 Å². The summed E-state index contributed by atoms with van der Waals surface area (Å²) in [6, 6.07) is 35.1. The second kappa shape index (κ2) is 27.3. The summed E-state index contributed by atoms with van der Waals surface area (Å²) in [6.45, 7) is 6.69. The van der Waals surface area contributed by atoms with Crippen molar-refractivity contribution in [3.05, 3.63) is 188 Å². The van der Waals surface area contributed by atoms with Crippen molar-refractivity contribution < 1.29 is 57.7 Å². The maximum Gasteiger partial charge on any atom is 0.340 e. The molecule has 6 N–H and O–H groups in total. The van der Waals surface area contributed by atoms with Crippen molar-refractivity contribution in [2.75, 3.05) is 95.2 Å². The Morgan fingerprint density at radius 3 is 1.92 bits per heavy atom. The molecule has 22 nitrogen and oxygen atoms in total. The lowest BCUT2D eigenvalue weighted by molar-refractivity contribution is -0.255. The number of carboxylic acids is 1. The number of fused-ring (bicyclic) bond motifs is 8. The van der Waals surface area contributed by atoms with Gasteiger partial charge in [0.25, 0.3) is 17.7 Å². The normalized spacial score (nSPS) is 15.5. The van der Waals surface area contributed by atoms with Crippen LogP contribution in [0.15, 0.2) is 143 Å². The molecule has 1 saturated carbocycles. The van der Waals surface area contributed by atoms with Crippen molar-refractivity contribution in [3.63, 3.8) is 0 Å². The number of piperazine rings is 1.